The predicted molar refractivity (Wildman–Crippen MR) is 65.9 cm³/mol. The van der Waals surface area contributed by atoms with Gasteiger partial charge in [-0.25, -0.2) is 0 Å². The Morgan fingerprint density at radius 3 is 2.80 bits per heavy atom. The molecule has 0 heterocycles. The van der Waals surface area contributed by atoms with Gasteiger partial charge in [0.2, 0.25) is 0 Å². The van der Waals surface area contributed by atoms with Crippen LogP contribution in [0.15, 0.2) is 40.9 Å². The summed E-state index contributed by atoms with van der Waals surface area (Å²) in [6.07, 6.45) is 6.86. The number of carbonyl (C=O) groups excluding carboxylic acids is 1. The fraction of sp³-hybridized carbons (Fsp3) is 0.154. The fourth-order valence-corrected chi connectivity index (χ4v) is 2.13. The minimum absolute atomic E-state index is 0.525. The van der Waals surface area contributed by atoms with Gasteiger partial charge in [-0.15, -0.1) is 0 Å². The van der Waals surface area contributed by atoms with Gasteiger partial charge in [0.05, 0.1) is 5.41 Å². The van der Waals surface area contributed by atoms with E-state index in [2.05, 4.69) is 15.9 Å². The molecule has 0 N–H and O–H groups in total. The van der Waals surface area contributed by atoms with Crippen molar-refractivity contribution in [3.05, 3.63) is 52.0 Å². The topological polar surface area (TPSA) is 17.1 Å². The molecule has 0 saturated carbocycles. The lowest BCUT2D eigenvalue weighted by Crippen LogP contribution is -2.21. The maximum atomic E-state index is 11.2. The summed E-state index contributed by atoms with van der Waals surface area (Å²) in [6, 6.07) is 7.95. The van der Waals surface area contributed by atoms with Gasteiger partial charge in [0.1, 0.15) is 6.29 Å². The summed E-state index contributed by atoms with van der Waals surface area (Å²) in [4.78, 5) is 11.2. The van der Waals surface area contributed by atoms with Crippen molar-refractivity contribution in [3.8, 4) is 0 Å². The van der Waals surface area contributed by atoms with Crippen LogP contribution in [-0.2, 0) is 10.2 Å². The van der Waals surface area contributed by atoms with E-state index in [9.17, 15) is 4.79 Å². The van der Waals surface area contributed by atoms with E-state index in [-0.39, 0.29) is 0 Å². The van der Waals surface area contributed by atoms with E-state index in [1.165, 1.54) is 0 Å². The molecular weight excluding hydrogens is 252 g/mol. The monoisotopic (exact) mass is 262 g/mol. The lowest BCUT2D eigenvalue weighted by Gasteiger charge is -2.20. The van der Waals surface area contributed by atoms with Gasteiger partial charge in [-0.1, -0.05) is 52.3 Å². The van der Waals surface area contributed by atoms with Crippen LogP contribution in [0.4, 0.5) is 0 Å². The Labute approximate surface area is 97.6 Å². The first-order chi connectivity index (χ1) is 7.15. The van der Waals surface area contributed by atoms with Crippen LogP contribution < -0.4 is 0 Å². The molecule has 1 aromatic rings. The normalized spacial score (nSPS) is 24.0. The van der Waals surface area contributed by atoms with Crippen molar-refractivity contribution in [1.82, 2.24) is 0 Å². The van der Waals surface area contributed by atoms with Gasteiger partial charge in [-0.3, -0.25) is 0 Å². The molecule has 1 aliphatic carbocycles. The number of fused-ring (bicyclic) bond motifs is 1. The number of benzene rings is 1. The van der Waals surface area contributed by atoms with Crippen molar-refractivity contribution < 1.29 is 4.79 Å². The molecule has 76 valence electrons. The number of aldehydes is 1. The third kappa shape index (κ3) is 1.82. The average molecular weight is 263 g/mol. The third-order valence-electron chi connectivity index (χ3n) is 2.67. The van der Waals surface area contributed by atoms with Crippen molar-refractivity contribution in [1.29, 1.82) is 0 Å². The summed E-state index contributed by atoms with van der Waals surface area (Å²) in [5.74, 6) is 0. The zero-order valence-electron chi connectivity index (χ0n) is 8.41. The molecule has 1 atom stereocenters. The summed E-state index contributed by atoms with van der Waals surface area (Å²) < 4.78 is 0.987. The van der Waals surface area contributed by atoms with Gasteiger partial charge in [0.15, 0.2) is 0 Å². The van der Waals surface area contributed by atoms with E-state index in [0.717, 1.165) is 21.9 Å². The van der Waals surface area contributed by atoms with Crippen LogP contribution >= 0.6 is 15.9 Å². The van der Waals surface area contributed by atoms with Gasteiger partial charge >= 0.3 is 0 Å². The number of hydrogen-bond donors (Lipinski definition) is 0. The molecule has 1 unspecified atom stereocenters. The lowest BCUT2D eigenvalue weighted by atomic mass is 9.82. The van der Waals surface area contributed by atoms with Crippen molar-refractivity contribution in [3.63, 3.8) is 0 Å². The first kappa shape index (κ1) is 10.4. The Kier molecular flexibility index (Phi) is 2.61. The van der Waals surface area contributed by atoms with Crippen molar-refractivity contribution in [2.75, 3.05) is 0 Å². The van der Waals surface area contributed by atoms with Crippen LogP contribution in [0.2, 0.25) is 0 Å². The molecule has 0 aromatic heterocycles. The minimum Gasteiger partial charge on any atom is -0.302 e. The summed E-state index contributed by atoms with van der Waals surface area (Å²) >= 11 is 3.45. The van der Waals surface area contributed by atoms with Crippen LogP contribution in [0.1, 0.15) is 18.1 Å². The molecule has 0 bridgehead atoms. The standard InChI is InChI=1S/C13H11BrO/c1-13(9-15)7-6-11(14)8-10-4-2-3-5-12(10)13/h2-9H,1H3. The minimum atomic E-state index is -0.525. The smallest absolute Gasteiger partial charge is 0.134 e. The maximum Gasteiger partial charge on any atom is 0.134 e. The summed E-state index contributed by atoms with van der Waals surface area (Å²) in [5.41, 5.74) is 1.61. The molecule has 0 radical (unpaired) electrons. The van der Waals surface area contributed by atoms with E-state index in [1.807, 2.05) is 49.4 Å². The van der Waals surface area contributed by atoms with Gasteiger partial charge in [-0.05, 0) is 24.1 Å². The first-order valence-corrected chi connectivity index (χ1v) is 5.57. The molecule has 1 aliphatic rings. The van der Waals surface area contributed by atoms with Crippen LogP contribution in [0.25, 0.3) is 6.08 Å². The molecule has 1 nitrogen and oxygen atoms in total. The predicted octanol–water partition coefficient (Wildman–Crippen LogP) is 3.45. The molecule has 15 heavy (non-hydrogen) atoms. The Hall–Kier alpha value is -1.15. The van der Waals surface area contributed by atoms with Crippen LogP contribution in [-0.4, -0.2) is 6.29 Å². The van der Waals surface area contributed by atoms with Crippen molar-refractivity contribution in [2.24, 2.45) is 0 Å². The first-order valence-electron chi connectivity index (χ1n) is 4.78. The zero-order chi connectivity index (χ0) is 10.9. The lowest BCUT2D eigenvalue weighted by molar-refractivity contribution is -0.110. The second kappa shape index (κ2) is 3.78. The highest BCUT2D eigenvalue weighted by atomic mass is 79.9. The highest BCUT2D eigenvalue weighted by Gasteiger charge is 2.26. The number of carbonyl (C=O) groups is 1. The van der Waals surface area contributed by atoms with E-state index < -0.39 is 5.41 Å². The molecule has 2 heteroatoms. The van der Waals surface area contributed by atoms with Crippen molar-refractivity contribution >= 4 is 28.3 Å². The van der Waals surface area contributed by atoms with E-state index in [1.54, 1.807) is 0 Å². The summed E-state index contributed by atoms with van der Waals surface area (Å²) in [7, 11) is 0. The van der Waals surface area contributed by atoms with Crippen LogP contribution in [0, 0.1) is 0 Å². The van der Waals surface area contributed by atoms with Crippen molar-refractivity contribution in [2.45, 2.75) is 12.3 Å². The molecule has 0 amide bonds. The number of rotatable bonds is 1. The second-order valence-corrected chi connectivity index (χ2v) is 4.77. The zero-order valence-corrected chi connectivity index (χ0v) is 9.99. The highest BCUT2D eigenvalue weighted by molar-refractivity contribution is 9.12. The van der Waals surface area contributed by atoms with E-state index in [0.29, 0.717) is 0 Å². The molecule has 0 fully saturated rings. The largest absolute Gasteiger partial charge is 0.302 e. The maximum absolute atomic E-state index is 11.2. The fourth-order valence-electron chi connectivity index (χ4n) is 1.76. The number of hydrogen-bond acceptors (Lipinski definition) is 1. The molecular formula is C13H11BrO. The van der Waals surface area contributed by atoms with E-state index >= 15 is 0 Å². The summed E-state index contributed by atoms with van der Waals surface area (Å²) in [5, 5.41) is 0. The second-order valence-electron chi connectivity index (χ2n) is 3.85. The molecule has 1 aromatic carbocycles. The Morgan fingerprint density at radius 2 is 2.07 bits per heavy atom. The molecule has 0 aliphatic heterocycles. The third-order valence-corrected chi connectivity index (χ3v) is 3.16. The molecule has 0 saturated heterocycles. The number of halogens is 1. The highest BCUT2D eigenvalue weighted by Crippen LogP contribution is 2.32. The van der Waals surface area contributed by atoms with Gasteiger partial charge < -0.3 is 4.79 Å². The average Bonchev–Trinajstić information content (AvgIpc) is 2.38. The van der Waals surface area contributed by atoms with Gasteiger partial charge in [-0.2, -0.15) is 0 Å². The Bertz CT molecular complexity index is 459. The SMILES string of the molecule is CC1(C=O)C=CC(Br)=Cc2ccccc21. The van der Waals surface area contributed by atoms with Gasteiger partial charge in [0.25, 0.3) is 0 Å². The van der Waals surface area contributed by atoms with Crippen LogP contribution in [0.5, 0.6) is 0 Å². The molecule has 0 spiro atoms. The molecule has 2 rings (SSSR count). The Morgan fingerprint density at radius 1 is 1.33 bits per heavy atom. The summed E-state index contributed by atoms with van der Waals surface area (Å²) in [6.45, 7) is 1.93. The van der Waals surface area contributed by atoms with Gasteiger partial charge in [0, 0.05) is 4.48 Å². The van der Waals surface area contributed by atoms with Crippen LogP contribution in [0.3, 0.4) is 0 Å². The Balaban J connectivity index is 2.70. The van der Waals surface area contributed by atoms with E-state index in [4.69, 9.17) is 0 Å². The quantitative estimate of drug-likeness (QED) is 0.709. The number of allylic oxidation sites excluding steroid dienone is 3.